The van der Waals surface area contributed by atoms with Crippen LogP contribution in [0.3, 0.4) is 0 Å². The van der Waals surface area contributed by atoms with Crippen molar-refractivity contribution in [3.8, 4) is 0 Å². The Morgan fingerprint density at radius 1 is 0.561 bits per heavy atom. The van der Waals surface area contributed by atoms with Crippen molar-refractivity contribution >= 4 is 56.6 Å². The van der Waals surface area contributed by atoms with Gasteiger partial charge in [-0.1, -0.05) is 96.0 Å². The van der Waals surface area contributed by atoms with Gasteiger partial charge in [-0.25, -0.2) is 8.42 Å². The molecule has 4 aromatic carbocycles. The van der Waals surface area contributed by atoms with Crippen LogP contribution in [0, 0.1) is 20.2 Å². The molecule has 0 spiro atoms. The van der Waals surface area contributed by atoms with E-state index in [-0.39, 0.29) is 11.4 Å². The second-order valence-corrected chi connectivity index (χ2v) is 12.0. The molecule has 4 rings (SSSR count). The highest BCUT2D eigenvalue weighted by atomic mass is 35.5. The fraction of sp³-hybridized carbons (Fsp3) is 0.0667. The van der Waals surface area contributed by atoms with Crippen molar-refractivity contribution in [3.05, 3.63) is 162 Å². The molecule has 0 saturated heterocycles. The van der Waals surface area contributed by atoms with Gasteiger partial charge in [0, 0.05) is 34.3 Å². The molecule has 0 aliphatic rings. The zero-order valence-electron chi connectivity index (χ0n) is 21.2. The van der Waals surface area contributed by atoms with E-state index in [1.165, 1.54) is 60.7 Å². The normalized spacial score (nSPS) is 13.3. The summed E-state index contributed by atoms with van der Waals surface area (Å²) in [7, 11) is -4.16. The predicted molar refractivity (Wildman–Crippen MR) is 162 cm³/mol. The first-order chi connectivity index (χ1) is 19.5. The van der Waals surface area contributed by atoms with Crippen LogP contribution in [0.1, 0.15) is 32.8 Å². The monoisotopic (exact) mass is 608 g/mol. The lowest BCUT2D eigenvalue weighted by Crippen LogP contribution is -2.19. The Morgan fingerprint density at radius 2 is 0.878 bits per heavy atom. The summed E-state index contributed by atoms with van der Waals surface area (Å²) in [6, 6.07) is 24.2. The lowest BCUT2D eigenvalue weighted by molar-refractivity contribution is -0.385. The zero-order valence-corrected chi connectivity index (χ0v) is 23.5. The summed E-state index contributed by atoms with van der Waals surface area (Å²) < 4.78 is 28.8. The zero-order chi connectivity index (χ0) is 29.6. The number of hydrogen-bond acceptors (Lipinski definition) is 6. The standard InChI is InChI=1S/C30H22Cl2N2O6S/c31-25-11-1-21(2-12-25)5-19-29(23-7-15-27(16-8-23)33(35)36)41(39,40)30(20-6-22-3-13-26(32)14-4-22)24-9-17-28(18-10-24)34(37)38/h1-20,29-30H. The molecule has 0 aliphatic heterocycles. The van der Waals surface area contributed by atoms with Crippen molar-refractivity contribution in [2.75, 3.05) is 0 Å². The third-order valence-electron chi connectivity index (χ3n) is 6.24. The first-order valence-corrected chi connectivity index (χ1v) is 14.5. The maximum atomic E-state index is 14.4. The van der Waals surface area contributed by atoms with Gasteiger partial charge in [-0.15, -0.1) is 0 Å². The highest BCUT2D eigenvalue weighted by molar-refractivity contribution is 7.92. The Bertz CT molecular complexity index is 1580. The molecular weight excluding hydrogens is 587 g/mol. The maximum Gasteiger partial charge on any atom is 0.269 e. The van der Waals surface area contributed by atoms with Crippen LogP contribution in [-0.4, -0.2) is 18.3 Å². The van der Waals surface area contributed by atoms with Gasteiger partial charge in [-0.2, -0.15) is 0 Å². The SMILES string of the molecule is O=[N+]([O-])c1ccc(C(C=Cc2ccc(Cl)cc2)S(=O)(=O)C(C=Cc2ccc(Cl)cc2)c2ccc([N+](=O)[O-])cc2)cc1. The average molecular weight is 609 g/mol. The van der Waals surface area contributed by atoms with Crippen molar-refractivity contribution in [3.63, 3.8) is 0 Å². The van der Waals surface area contributed by atoms with E-state index < -0.39 is 30.2 Å². The number of nitrogens with zero attached hydrogens (tertiary/aromatic N) is 2. The molecule has 0 amide bonds. The van der Waals surface area contributed by atoms with E-state index in [0.29, 0.717) is 32.3 Å². The van der Waals surface area contributed by atoms with Gasteiger partial charge in [0.15, 0.2) is 9.84 Å². The molecule has 11 heteroatoms. The van der Waals surface area contributed by atoms with Gasteiger partial charge < -0.3 is 0 Å². The van der Waals surface area contributed by atoms with E-state index in [1.807, 2.05) is 0 Å². The van der Waals surface area contributed by atoms with Crippen molar-refractivity contribution in [1.29, 1.82) is 0 Å². The van der Waals surface area contributed by atoms with Gasteiger partial charge in [-0.05, 0) is 46.5 Å². The van der Waals surface area contributed by atoms with E-state index in [4.69, 9.17) is 23.2 Å². The summed E-state index contributed by atoms with van der Waals surface area (Å²) in [6.07, 6.45) is 6.29. The van der Waals surface area contributed by atoms with Crippen molar-refractivity contribution in [1.82, 2.24) is 0 Å². The topological polar surface area (TPSA) is 120 Å². The Kier molecular flexibility index (Phi) is 9.34. The number of benzene rings is 4. The highest BCUT2D eigenvalue weighted by Crippen LogP contribution is 2.38. The van der Waals surface area contributed by atoms with E-state index in [1.54, 1.807) is 60.7 Å². The minimum absolute atomic E-state index is 0.180. The molecule has 0 fully saturated rings. The predicted octanol–water partition coefficient (Wildman–Crippen LogP) is 8.43. The fourth-order valence-corrected chi connectivity index (χ4v) is 6.33. The summed E-state index contributed by atoms with van der Waals surface area (Å²) in [4.78, 5) is 21.3. The number of nitro benzene ring substituents is 2. The van der Waals surface area contributed by atoms with Crippen LogP contribution >= 0.6 is 23.2 Å². The summed E-state index contributed by atoms with van der Waals surface area (Å²) in [5.41, 5.74) is 1.66. The minimum Gasteiger partial charge on any atom is -0.258 e. The summed E-state index contributed by atoms with van der Waals surface area (Å²) in [6.45, 7) is 0. The van der Waals surface area contributed by atoms with Crippen LogP contribution in [0.15, 0.2) is 109 Å². The van der Waals surface area contributed by atoms with Crippen LogP contribution in [0.25, 0.3) is 12.2 Å². The molecule has 41 heavy (non-hydrogen) atoms. The summed E-state index contributed by atoms with van der Waals surface area (Å²) >= 11 is 12.0. The molecule has 208 valence electrons. The molecule has 8 nitrogen and oxygen atoms in total. The number of sulfone groups is 1. The van der Waals surface area contributed by atoms with Crippen LogP contribution in [0.4, 0.5) is 11.4 Å². The molecule has 0 aromatic heterocycles. The lowest BCUT2D eigenvalue weighted by atomic mass is 10.1. The van der Waals surface area contributed by atoms with Gasteiger partial charge in [0.2, 0.25) is 0 Å². The minimum atomic E-state index is -4.16. The number of rotatable bonds is 10. The van der Waals surface area contributed by atoms with E-state index >= 15 is 0 Å². The number of hydrogen-bond donors (Lipinski definition) is 0. The Morgan fingerprint density at radius 3 is 1.17 bits per heavy atom. The largest absolute Gasteiger partial charge is 0.269 e. The summed E-state index contributed by atoms with van der Waals surface area (Å²) in [5, 5.41) is 21.0. The van der Waals surface area contributed by atoms with Gasteiger partial charge in [-0.3, -0.25) is 20.2 Å². The van der Waals surface area contributed by atoms with E-state index in [9.17, 15) is 28.6 Å². The van der Waals surface area contributed by atoms with E-state index in [2.05, 4.69) is 0 Å². The summed E-state index contributed by atoms with van der Waals surface area (Å²) in [5.74, 6) is 0. The number of non-ortho nitro benzene ring substituents is 2. The molecule has 0 saturated carbocycles. The average Bonchev–Trinajstić information content (AvgIpc) is 2.95. The second kappa shape index (κ2) is 12.9. The lowest BCUT2D eigenvalue weighted by Gasteiger charge is -2.21. The van der Waals surface area contributed by atoms with Crippen molar-refractivity contribution in [2.45, 2.75) is 10.5 Å². The quantitative estimate of drug-likeness (QED) is 0.131. The molecule has 2 atom stereocenters. The molecular formula is C30H22Cl2N2O6S. The number of nitro groups is 2. The molecule has 0 aliphatic carbocycles. The number of halogens is 2. The molecule has 0 bridgehead atoms. The Labute approximate surface area is 246 Å². The van der Waals surface area contributed by atoms with Crippen LogP contribution in [-0.2, 0) is 9.84 Å². The Balaban J connectivity index is 1.84. The van der Waals surface area contributed by atoms with Gasteiger partial charge >= 0.3 is 0 Å². The molecule has 2 unspecified atom stereocenters. The highest BCUT2D eigenvalue weighted by Gasteiger charge is 2.34. The van der Waals surface area contributed by atoms with Crippen LogP contribution < -0.4 is 0 Å². The third-order valence-corrected chi connectivity index (χ3v) is 9.02. The molecule has 0 radical (unpaired) electrons. The first kappa shape index (κ1) is 29.7. The Hall–Kier alpha value is -4.31. The van der Waals surface area contributed by atoms with Crippen molar-refractivity contribution in [2.24, 2.45) is 0 Å². The molecule has 4 aromatic rings. The second-order valence-electron chi connectivity index (χ2n) is 8.95. The third kappa shape index (κ3) is 7.46. The molecule has 0 N–H and O–H groups in total. The molecule has 0 heterocycles. The first-order valence-electron chi connectivity index (χ1n) is 12.1. The fourth-order valence-electron chi connectivity index (χ4n) is 4.09. The van der Waals surface area contributed by atoms with Crippen LogP contribution in [0.2, 0.25) is 10.0 Å². The van der Waals surface area contributed by atoms with Gasteiger partial charge in [0.05, 0.1) is 9.85 Å². The maximum absolute atomic E-state index is 14.4. The van der Waals surface area contributed by atoms with Crippen molar-refractivity contribution < 1.29 is 18.3 Å². The van der Waals surface area contributed by atoms with Crippen LogP contribution in [0.5, 0.6) is 0 Å². The smallest absolute Gasteiger partial charge is 0.258 e. The van der Waals surface area contributed by atoms with Gasteiger partial charge in [0.25, 0.3) is 11.4 Å². The van der Waals surface area contributed by atoms with E-state index in [0.717, 1.165) is 0 Å². The van der Waals surface area contributed by atoms with Gasteiger partial charge in [0.1, 0.15) is 10.5 Å².